The number of aryl methyl sites for hydroxylation is 2. The van der Waals surface area contributed by atoms with Crippen LogP contribution in [0.15, 0.2) is 82.4 Å². The van der Waals surface area contributed by atoms with Crippen LogP contribution in [0.3, 0.4) is 0 Å². The van der Waals surface area contributed by atoms with E-state index in [2.05, 4.69) is 10.4 Å². The number of methoxy groups -OCH3 is 1. The summed E-state index contributed by atoms with van der Waals surface area (Å²) in [7, 11) is 1.54. The number of nitrogens with zero attached hydrogens (tertiary/aromatic N) is 3. The lowest BCUT2D eigenvalue weighted by Crippen LogP contribution is -2.46. The molecule has 8 heteroatoms. The molecule has 0 fully saturated rings. The SMILES string of the molecule is COc1cccc(Cn2c(=O)c(C(=O)NCc3ccccc3)nn(-c3cc(C)cc(C)c3)c2=O)c1. The van der Waals surface area contributed by atoms with Gasteiger partial charge in [0.2, 0.25) is 5.69 Å². The molecule has 0 aliphatic heterocycles. The summed E-state index contributed by atoms with van der Waals surface area (Å²) in [4.78, 5) is 39.8. The highest BCUT2D eigenvalue weighted by Gasteiger charge is 2.21. The largest absolute Gasteiger partial charge is 0.497 e. The van der Waals surface area contributed by atoms with Gasteiger partial charge in [-0.05, 0) is 60.4 Å². The minimum atomic E-state index is -0.760. The van der Waals surface area contributed by atoms with Gasteiger partial charge in [0, 0.05) is 6.54 Å². The van der Waals surface area contributed by atoms with Crippen molar-refractivity contribution >= 4 is 5.91 Å². The highest BCUT2D eigenvalue weighted by atomic mass is 16.5. The van der Waals surface area contributed by atoms with Crippen LogP contribution in [0.2, 0.25) is 0 Å². The molecule has 4 aromatic rings. The van der Waals surface area contributed by atoms with E-state index in [1.54, 1.807) is 43.5 Å². The maximum absolute atomic E-state index is 13.4. The number of nitrogens with one attached hydrogen (secondary N) is 1. The molecule has 0 saturated heterocycles. The number of hydrogen-bond donors (Lipinski definition) is 1. The van der Waals surface area contributed by atoms with E-state index in [0.717, 1.165) is 25.9 Å². The number of carbonyl (C=O) groups excluding carboxylic acids is 1. The second-order valence-corrected chi connectivity index (χ2v) is 8.30. The van der Waals surface area contributed by atoms with E-state index in [0.29, 0.717) is 17.0 Å². The third kappa shape index (κ3) is 5.38. The topological polar surface area (TPSA) is 95.2 Å². The van der Waals surface area contributed by atoms with Gasteiger partial charge >= 0.3 is 5.69 Å². The van der Waals surface area contributed by atoms with Gasteiger partial charge in [0.25, 0.3) is 11.5 Å². The number of amides is 1. The molecule has 1 heterocycles. The molecular formula is C27H26N4O4. The molecule has 1 aromatic heterocycles. The first kappa shape index (κ1) is 23.7. The molecule has 0 radical (unpaired) electrons. The molecule has 8 nitrogen and oxygen atoms in total. The Kier molecular flexibility index (Phi) is 6.91. The molecule has 0 aliphatic carbocycles. The van der Waals surface area contributed by atoms with E-state index in [9.17, 15) is 14.4 Å². The predicted molar refractivity (Wildman–Crippen MR) is 133 cm³/mol. The summed E-state index contributed by atoms with van der Waals surface area (Å²) in [5.41, 5.74) is 2.12. The summed E-state index contributed by atoms with van der Waals surface area (Å²) >= 11 is 0. The van der Waals surface area contributed by atoms with Crippen LogP contribution in [-0.4, -0.2) is 27.4 Å². The van der Waals surface area contributed by atoms with Crippen molar-refractivity contribution in [2.24, 2.45) is 0 Å². The average molecular weight is 471 g/mol. The minimum Gasteiger partial charge on any atom is -0.497 e. The van der Waals surface area contributed by atoms with Crippen LogP contribution >= 0.6 is 0 Å². The summed E-state index contributed by atoms with van der Waals surface area (Å²) < 4.78 is 7.40. The fourth-order valence-corrected chi connectivity index (χ4v) is 3.85. The van der Waals surface area contributed by atoms with Gasteiger partial charge < -0.3 is 10.1 Å². The van der Waals surface area contributed by atoms with Crippen LogP contribution in [0.25, 0.3) is 5.69 Å². The zero-order valence-electron chi connectivity index (χ0n) is 19.8. The average Bonchev–Trinajstić information content (AvgIpc) is 2.85. The second-order valence-electron chi connectivity index (χ2n) is 8.30. The number of benzene rings is 3. The number of aromatic nitrogens is 3. The van der Waals surface area contributed by atoms with Crippen molar-refractivity contribution in [3.8, 4) is 11.4 Å². The molecule has 0 aliphatic rings. The van der Waals surface area contributed by atoms with E-state index in [-0.39, 0.29) is 18.8 Å². The zero-order valence-corrected chi connectivity index (χ0v) is 19.8. The van der Waals surface area contributed by atoms with Crippen LogP contribution in [0.5, 0.6) is 5.75 Å². The van der Waals surface area contributed by atoms with Crippen molar-refractivity contribution in [1.82, 2.24) is 19.7 Å². The van der Waals surface area contributed by atoms with E-state index < -0.39 is 17.2 Å². The minimum absolute atomic E-state index is 0.0405. The Balaban J connectivity index is 1.81. The molecule has 0 spiro atoms. The first-order valence-corrected chi connectivity index (χ1v) is 11.1. The van der Waals surface area contributed by atoms with Crippen molar-refractivity contribution in [3.05, 3.63) is 122 Å². The van der Waals surface area contributed by atoms with Gasteiger partial charge in [-0.1, -0.05) is 48.5 Å². The number of ether oxygens (including phenoxy) is 1. The number of hydrogen-bond acceptors (Lipinski definition) is 5. The molecule has 0 unspecified atom stereocenters. The Labute approximate surface area is 202 Å². The van der Waals surface area contributed by atoms with E-state index in [4.69, 9.17) is 4.74 Å². The third-order valence-electron chi connectivity index (χ3n) is 5.50. The van der Waals surface area contributed by atoms with Gasteiger partial charge in [0.1, 0.15) is 5.75 Å². The lowest BCUT2D eigenvalue weighted by Gasteiger charge is -2.14. The lowest BCUT2D eigenvalue weighted by atomic mass is 10.1. The van der Waals surface area contributed by atoms with Crippen LogP contribution in [0.4, 0.5) is 0 Å². The molecular weight excluding hydrogens is 444 g/mol. The van der Waals surface area contributed by atoms with E-state index in [1.807, 2.05) is 50.2 Å². The van der Waals surface area contributed by atoms with Crippen molar-refractivity contribution in [2.75, 3.05) is 7.11 Å². The second kappa shape index (κ2) is 10.2. The highest BCUT2D eigenvalue weighted by Crippen LogP contribution is 2.14. The van der Waals surface area contributed by atoms with Crippen molar-refractivity contribution < 1.29 is 9.53 Å². The van der Waals surface area contributed by atoms with Gasteiger partial charge in [-0.3, -0.25) is 14.2 Å². The van der Waals surface area contributed by atoms with Gasteiger partial charge in [0.15, 0.2) is 0 Å². The van der Waals surface area contributed by atoms with Crippen LogP contribution in [0, 0.1) is 13.8 Å². The smallest absolute Gasteiger partial charge is 0.352 e. The Morgan fingerprint density at radius 3 is 2.29 bits per heavy atom. The summed E-state index contributed by atoms with van der Waals surface area (Å²) in [6, 6.07) is 21.9. The number of carbonyl (C=O) groups is 1. The maximum Gasteiger partial charge on any atom is 0.352 e. The molecule has 1 N–H and O–H groups in total. The molecule has 35 heavy (non-hydrogen) atoms. The van der Waals surface area contributed by atoms with E-state index >= 15 is 0 Å². The first-order chi connectivity index (χ1) is 16.9. The van der Waals surface area contributed by atoms with Crippen LogP contribution in [0.1, 0.15) is 32.7 Å². The van der Waals surface area contributed by atoms with Crippen LogP contribution in [-0.2, 0) is 13.1 Å². The quantitative estimate of drug-likeness (QED) is 0.448. The molecule has 178 valence electrons. The molecule has 0 saturated carbocycles. The van der Waals surface area contributed by atoms with Crippen molar-refractivity contribution in [2.45, 2.75) is 26.9 Å². The lowest BCUT2D eigenvalue weighted by molar-refractivity contribution is 0.0941. The standard InChI is InChI=1S/C27H26N4O4/c1-18-12-19(2)14-22(13-18)31-27(34)30(17-21-10-7-11-23(15-21)35-3)26(33)24(29-31)25(32)28-16-20-8-5-4-6-9-20/h4-15H,16-17H2,1-3H3,(H,28,32). The summed E-state index contributed by atoms with van der Waals surface area (Å²) in [5, 5.41) is 6.94. The highest BCUT2D eigenvalue weighted by molar-refractivity contribution is 5.91. The monoisotopic (exact) mass is 470 g/mol. The Hall–Kier alpha value is -4.46. The van der Waals surface area contributed by atoms with Gasteiger partial charge in [0.05, 0.1) is 19.3 Å². The first-order valence-electron chi connectivity index (χ1n) is 11.1. The Morgan fingerprint density at radius 2 is 1.60 bits per heavy atom. The molecule has 3 aromatic carbocycles. The fraction of sp³-hybridized carbons (Fsp3) is 0.185. The van der Waals surface area contributed by atoms with Gasteiger partial charge in [-0.2, -0.15) is 9.78 Å². The van der Waals surface area contributed by atoms with Crippen molar-refractivity contribution in [1.29, 1.82) is 0 Å². The zero-order chi connectivity index (χ0) is 24.9. The molecule has 0 bridgehead atoms. The summed E-state index contributed by atoms with van der Waals surface area (Å²) in [6.45, 7) is 3.99. The third-order valence-corrected chi connectivity index (χ3v) is 5.50. The molecule has 1 amide bonds. The fourth-order valence-electron chi connectivity index (χ4n) is 3.85. The Morgan fingerprint density at radius 1 is 0.914 bits per heavy atom. The summed E-state index contributed by atoms with van der Waals surface area (Å²) in [5.74, 6) is -0.0589. The predicted octanol–water partition coefficient (Wildman–Crippen LogP) is 3.00. The van der Waals surface area contributed by atoms with Crippen molar-refractivity contribution in [3.63, 3.8) is 0 Å². The van der Waals surface area contributed by atoms with Gasteiger partial charge in [-0.25, -0.2) is 4.79 Å². The van der Waals surface area contributed by atoms with Gasteiger partial charge in [-0.15, -0.1) is 0 Å². The number of rotatable bonds is 7. The Bertz CT molecular complexity index is 1470. The molecule has 4 rings (SSSR count). The summed E-state index contributed by atoms with van der Waals surface area (Å²) in [6.07, 6.45) is 0. The van der Waals surface area contributed by atoms with E-state index in [1.165, 1.54) is 0 Å². The normalized spacial score (nSPS) is 10.7. The molecule has 0 atom stereocenters. The van der Waals surface area contributed by atoms with Crippen LogP contribution < -0.4 is 21.3 Å². The maximum atomic E-state index is 13.4.